The van der Waals surface area contributed by atoms with Gasteiger partial charge in [-0.3, -0.25) is 14.4 Å². The summed E-state index contributed by atoms with van der Waals surface area (Å²) in [5.74, 6) is -1.02. The number of esters is 1. The number of rotatable bonds is 6. The Hall–Kier alpha value is -3.47. The summed E-state index contributed by atoms with van der Waals surface area (Å²) in [6, 6.07) is 20.3. The lowest BCUT2D eigenvalue weighted by Gasteiger charge is -2.14. The summed E-state index contributed by atoms with van der Waals surface area (Å²) >= 11 is 0. The molecule has 3 aromatic carbocycles. The van der Waals surface area contributed by atoms with Crippen LogP contribution in [-0.4, -0.2) is 23.8 Å². The van der Waals surface area contributed by atoms with Gasteiger partial charge in [0.05, 0.1) is 6.42 Å². The Balaban J connectivity index is 1.59. The molecule has 142 valence electrons. The number of Topliss-reactive ketones (excluding diaryl/α,β-unsaturated/α-hetero) is 1. The molecule has 0 unspecified atom stereocenters. The Morgan fingerprint density at radius 2 is 1.68 bits per heavy atom. The maximum atomic E-state index is 12.3. The van der Waals surface area contributed by atoms with Gasteiger partial charge in [-0.2, -0.15) is 0 Å². The average molecular weight is 375 g/mol. The standard InChI is InChI=1S/C23H21NO4/c1-15(25)19-8-5-9-21(14-19)24-23(27)16(2)28-22(26)13-17-10-11-18-6-3-4-7-20(18)12-17/h3-12,14,16H,13H2,1-2H3,(H,24,27)/t16-/m1/s1. The lowest BCUT2D eigenvalue weighted by atomic mass is 10.1. The number of fused-ring (bicyclic) bond motifs is 1. The average Bonchev–Trinajstić information content (AvgIpc) is 2.68. The molecule has 0 radical (unpaired) electrons. The van der Waals surface area contributed by atoms with E-state index < -0.39 is 18.0 Å². The van der Waals surface area contributed by atoms with Gasteiger partial charge in [0.25, 0.3) is 5.91 Å². The molecular formula is C23H21NO4. The predicted octanol–water partition coefficient (Wildman–Crippen LogP) is 4.16. The molecule has 0 saturated carbocycles. The number of carbonyl (C=O) groups is 3. The lowest BCUT2D eigenvalue weighted by molar-refractivity contribution is -0.152. The Morgan fingerprint density at radius 1 is 0.929 bits per heavy atom. The Bertz CT molecular complexity index is 1040. The van der Waals surface area contributed by atoms with E-state index in [0.717, 1.165) is 16.3 Å². The molecule has 0 bridgehead atoms. The summed E-state index contributed by atoms with van der Waals surface area (Å²) in [4.78, 5) is 35.9. The van der Waals surface area contributed by atoms with Crippen molar-refractivity contribution in [3.05, 3.63) is 77.9 Å². The van der Waals surface area contributed by atoms with Gasteiger partial charge in [0.15, 0.2) is 11.9 Å². The van der Waals surface area contributed by atoms with Crippen LogP contribution in [0.4, 0.5) is 5.69 Å². The molecule has 5 nitrogen and oxygen atoms in total. The van der Waals surface area contributed by atoms with Crippen LogP contribution in [0.1, 0.15) is 29.8 Å². The highest BCUT2D eigenvalue weighted by atomic mass is 16.5. The molecule has 0 aliphatic rings. The van der Waals surface area contributed by atoms with Gasteiger partial charge in [0.1, 0.15) is 0 Å². The molecule has 5 heteroatoms. The fourth-order valence-corrected chi connectivity index (χ4v) is 2.87. The summed E-state index contributed by atoms with van der Waals surface area (Å²) < 4.78 is 5.26. The van der Waals surface area contributed by atoms with Crippen LogP contribution in [0.2, 0.25) is 0 Å². The third kappa shape index (κ3) is 4.82. The molecule has 1 atom stereocenters. The van der Waals surface area contributed by atoms with Crippen LogP contribution < -0.4 is 5.32 Å². The monoisotopic (exact) mass is 375 g/mol. The van der Waals surface area contributed by atoms with Crippen molar-refractivity contribution in [2.45, 2.75) is 26.4 Å². The summed E-state index contributed by atoms with van der Waals surface area (Å²) in [5.41, 5.74) is 1.80. The molecule has 3 aromatic rings. The molecule has 0 aliphatic carbocycles. The van der Waals surface area contributed by atoms with E-state index in [2.05, 4.69) is 5.32 Å². The molecule has 0 spiro atoms. The van der Waals surface area contributed by atoms with Crippen LogP contribution in [0, 0.1) is 0 Å². The van der Waals surface area contributed by atoms with Crippen molar-refractivity contribution in [3.8, 4) is 0 Å². The zero-order chi connectivity index (χ0) is 20.1. The van der Waals surface area contributed by atoms with Crippen molar-refractivity contribution >= 4 is 34.1 Å². The minimum atomic E-state index is -0.950. The minimum absolute atomic E-state index is 0.0856. The van der Waals surface area contributed by atoms with Crippen molar-refractivity contribution in [2.75, 3.05) is 5.32 Å². The molecule has 3 rings (SSSR count). The van der Waals surface area contributed by atoms with Gasteiger partial charge in [-0.25, -0.2) is 0 Å². The van der Waals surface area contributed by atoms with Gasteiger partial charge in [-0.1, -0.05) is 54.6 Å². The van der Waals surface area contributed by atoms with Gasteiger partial charge in [-0.05, 0) is 42.3 Å². The Kier molecular flexibility index (Phi) is 5.84. The zero-order valence-corrected chi connectivity index (χ0v) is 15.8. The van der Waals surface area contributed by atoms with Crippen molar-refractivity contribution in [2.24, 2.45) is 0 Å². The zero-order valence-electron chi connectivity index (χ0n) is 15.8. The molecule has 0 heterocycles. The predicted molar refractivity (Wildman–Crippen MR) is 108 cm³/mol. The molecule has 28 heavy (non-hydrogen) atoms. The van der Waals surface area contributed by atoms with Crippen LogP contribution in [0.3, 0.4) is 0 Å². The van der Waals surface area contributed by atoms with E-state index in [4.69, 9.17) is 4.74 Å². The highest BCUT2D eigenvalue weighted by Gasteiger charge is 2.18. The van der Waals surface area contributed by atoms with Crippen LogP contribution in [0.15, 0.2) is 66.7 Å². The summed E-state index contributed by atoms with van der Waals surface area (Å²) in [5, 5.41) is 4.80. The van der Waals surface area contributed by atoms with E-state index >= 15 is 0 Å². The first-order valence-corrected chi connectivity index (χ1v) is 9.01. The van der Waals surface area contributed by atoms with Crippen LogP contribution in [0.25, 0.3) is 10.8 Å². The third-order valence-electron chi connectivity index (χ3n) is 4.38. The molecule has 1 amide bonds. The summed E-state index contributed by atoms with van der Waals surface area (Å²) in [6.45, 7) is 2.97. The number of hydrogen-bond acceptors (Lipinski definition) is 4. The molecule has 0 aromatic heterocycles. The van der Waals surface area contributed by atoms with Crippen molar-refractivity contribution in [1.29, 1.82) is 0 Å². The van der Waals surface area contributed by atoms with Crippen LogP contribution in [-0.2, 0) is 20.7 Å². The number of ketones is 1. The van der Waals surface area contributed by atoms with E-state index in [9.17, 15) is 14.4 Å². The van der Waals surface area contributed by atoms with Crippen LogP contribution >= 0.6 is 0 Å². The molecule has 0 fully saturated rings. The third-order valence-corrected chi connectivity index (χ3v) is 4.38. The molecule has 0 saturated heterocycles. The maximum Gasteiger partial charge on any atom is 0.311 e. The lowest BCUT2D eigenvalue weighted by Crippen LogP contribution is -2.30. The molecular weight excluding hydrogens is 354 g/mol. The normalized spacial score (nSPS) is 11.6. The van der Waals surface area contributed by atoms with Gasteiger partial charge < -0.3 is 10.1 Å². The minimum Gasteiger partial charge on any atom is -0.452 e. The summed E-state index contributed by atoms with van der Waals surface area (Å²) in [7, 11) is 0. The van der Waals surface area contributed by atoms with E-state index in [0.29, 0.717) is 11.3 Å². The number of ether oxygens (including phenoxy) is 1. The number of benzene rings is 3. The number of amides is 1. The first kappa shape index (κ1) is 19.3. The Labute approximate surface area is 163 Å². The fraction of sp³-hybridized carbons (Fsp3) is 0.174. The second-order valence-electron chi connectivity index (χ2n) is 6.62. The van der Waals surface area contributed by atoms with E-state index in [1.54, 1.807) is 24.3 Å². The van der Waals surface area contributed by atoms with Crippen molar-refractivity contribution in [3.63, 3.8) is 0 Å². The topological polar surface area (TPSA) is 72.5 Å². The molecule has 0 aliphatic heterocycles. The second kappa shape index (κ2) is 8.48. The largest absolute Gasteiger partial charge is 0.452 e. The first-order chi connectivity index (χ1) is 13.4. The number of nitrogens with one attached hydrogen (secondary N) is 1. The highest BCUT2D eigenvalue weighted by molar-refractivity contribution is 5.98. The summed E-state index contributed by atoms with van der Waals surface area (Å²) in [6.07, 6.45) is -0.864. The highest BCUT2D eigenvalue weighted by Crippen LogP contribution is 2.17. The van der Waals surface area contributed by atoms with E-state index in [-0.39, 0.29) is 12.2 Å². The molecule has 1 N–H and O–H groups in total. The van der Waals surface area contributed by atoms with E-state index in [1.165, 1.54) is 13.8 Å². The van der Waals surface area contributed by atoms with Crippen LogP contribution in [0.5, 0.6) is 0 Å². The first-order valence-electron chi connectivity index (χ1n) is 9.01. The smallest absolute Gasteiger partial charge is 0.311 e. The number of carbonyl (C=O) groups excluding carboxylic acids is 3. The Morgan fingerprint density at radius 3 is 2.43 bits per heavy atom. The van der Waals surface area contributed by atoms with Crippen molar-refractivity contribution in [1.82, 2.24) is 0 Å². The number of anilines is 1. The van der Waals surface area contributed by atoms with Gasteiger partial charge >= 0.3 is 5.97 Å². The maximum absolute atomic E-state index is 12.3. The van der Waals surface area contributed by atoms with E-state index in [1.807, 2.05) is 42.5 Å². The second-order valence-corrected chi connectivity index (χ2v) is 6.62. The number of hydrogen-bond donors (Lipinski definition) is 1. The SMILES string of the molecule is CC(=O)c1cccc(NC(=O)[C@@H](C)OC(=O)Cc2ccc3ccccc3c2)c1. The van der Waals surface area contributed by atoms with Gasteiger partial charge in [-0.15, -0.1) is 0 Å². The van der Waals surface area contributed by atoms with Gasteiger partial charge in [0.2, 0.25) is 0 Å². The quantitative estimate of drug-likeness (QED) is 0.519. The fourth-order valence-electron chi connectivity index (χ4n) is 2.87. The van der Waals surface area contributed by atoms with Crippen molar-refractivity contribution < 1.29 is 19.1 Å². The van der Waals surface area contributed by atoms with Gasteiger partial charge in [0, 0.05) is 11.3 Å².